The molecule has 2 rings (SSSR count). The summed E-state index contributed by atoms with van der Waals surface area (Å²) in [6, 6.07) is 7.86. The van der Waals surface area contributed by atoms with Gasteiger partial charge in [0.25, 0.3) is 5.91 Å². The van der Waals surface area contributed by atoms with Gasteiger partial charge in [-0.25, -0.2) is 9.18 Å². The highest BCUT2D eigenvalue weighted by Crippen LogP contribution is 2.21. The van der Waals surface area contributed by atoms with E-state index in [4.69, 9.17) is 0 Å². The molecule has 0 fully saturated rings. The van der Waals surface area contributed by atoms with Crippen molar-refractivity contribution in [3.8, 4) is 0 Å². The third-order valence-electron chi connectivity index (χ3n) is 4.09. The number of carbonyl (C=O) groups excluding carboxylic acids is 3. The van der Waals surface area contributed by atoms with Gasteiger partial charge < -0.3 is 20.7 Å². The van der Waals surface area contributed by atoms with Crippen LogP contribution in [-0.4, -0.2) is 44.2 Å². The Balaban J connectivity index is 2.02. The van der Waals surface area contributed by atoms with E-state index < -0.39 is 36.3 Å². The monoisotopic (exact) mass is 441 g/mol. The molecule has 0 aliphatic rings. The Morgan fingerprint density at radius 3 is 2.26 bits per heavy atom. The van der Waals surface area contributed by atoms with Crippen molar-refractivity contribution in [3.05, 3.63) is 58.9 Å². The molecule has 0 aliphatic carbocycles. The second kappa shape index (κ2) is 9.92. The second-order valence-electron chi connectivity index (χ2n) is 6.40. The third-order valence-corrected chi connectivity index (χ3v) is 4.09. The number of hydrogen-bond donors (Lipinski definition) is 3. The van der Waals surface area contributed by atoms with Crippen LogP contribution in [0, 0.1) is 12.7 Å². The van der Waals surface area contributed by atoms with Crippen molar-refractivity contribution < 1.29 is 36.7 Å². The first-order valence-electron chi connectivity index (χ1n) is 8.87. The Morgan fingerprint density at radius 1 is 1.03 bits per heavy atom. The molecule has 0 heterocycles. The Labute approximate surface area is 174 Å². The Morgan fingerprint density at radius 2 is 1.68 bits per heavy atom. The molecule has 31 heavy (non-hydrogen) atoms. The number of benzene rings is 2. The number of hydrogen-bond acceptors (Lipinski definition) is 5. The molecule has 0 bridgehead atoms. The molecule has 0 spiro atoms. The number of nitrogens with one attached hydrogen (secondary N) is 3. The average Bonchev–Trinajstić information content (AvgIpc) is 2.72. The first-order chi connectivity index (χ1) is 14.5. The smallest absolute Gasteiger partial charge is 0.405 e. The van der Waals surface area contributed by atoms with Crippen molar-refractivity contribution in [2.24, 2.45) is 0 Å². The van der Waals surface area contributed by atoms with Crippen molar-refractivity contribution in [2.75, 3.05) is 30.8 Å². The zero-order valence-corrected chi connectivity index (χ0v) is 16.5. The van der Waals surface area contributed by atoms with Gasteiger partial charge in [0, 0.05) is 22.5 Å². The summed E-state index contributed by atoms with van der Waals surface area (Å²) < 4.78 is 55.4. The van der Waals surface area contributed by atoms with Crippen LogP contribution in [0.15, 0.2) is 36.4 Å². The maximum absolute atomic E-state index is 14.1. The van der Waals surface area contributed by atoms with E-state index in [0.717, 1.165) is 12.1 Å². The van der Waals surface area contributed by atoms with Gasteiger partial charge in [-0.1, -0.05) is 0 Å². The number of ether oxygens (including phenoxy) is 1. The number of rotatable bonds is 7. The number of esters is 1. The van der Waals surface area contributed by atoms with Crippen LogP contribution in [-0.2, 0) is 9.53 Å². The minimum Gasteiger partial charge on any atom is -0.465 e. The zero-order chi connectivity index (χ0) is 23.2. The molecule has 0 atom stereocenters. The number of halogens is 4. The fraction of sp³-hybridized carbons (Fsp3) is 0.250. The summed E-state index contributed by atoms with van der Waals surface area (Å²) in [5.74, 6) is -2.97. The van der Waals surface area contributed by atoms with Crippen LogP contribution in [0.3, 0.4) is 0 Å². The first-order valence-corrected chi connectivity index (χ1v) is 8.87. The van der Waals surface area contributed by atoms with E-state index in [2.05, 4.69) is 15.4 Å². The van der Waals surface area contributed by atoms with E-state index in [9.17, 15) is 31.9 Å². The highest BCUT2D eigenvalue weighted by Gasteiger charge is 2.28. The topological polar surface area (TPSA) is 96.5 Å². The lowest BCUT2D eigenvalue weighted by Crippen LogP contribution is -2.33. The fourth-order valence-electron chi connectivity index (χ4n) is 2.46. The summed E-state index contributed by atoms with van der Waals surface area (Å²) in [6.45, 7) is -0.480. The van der Waals surface area contributed by atoms with E-state index >= 15 is 0 Å². The normalized spacial score (nSPS) is 10.9. The van der Waals surface area contributed by atoms with Crippen molar-refractivity contribution >= 4 is 29.2 Å². The molecule has 7 nitrogen and oxygen atoms in total. The molecule has 0 saturated heterocycles. The van der Waals surface area contributed by atoms with Crippen LogP contribution in [0.5, 0.6) is 0 Å². The van der Waals surface area contributed by atoms with Gasteiger partial charge in [-0.05, 0) is 43.3 Å². The van der Waals surface area contributed by atoms with Crippen molar-refractivity contribution in [2.45, 2.75) is 13.1 Å². The van der Waals surface area contributed by atoms with E-state index in [1.807, 2.05) is 0 Å². The van der Waals surface area contributed by atoms with Gasteiger partial charge in [-0.2, -0.15) is 13.2 Å². The molecule has 0 saturated carbocycles. The molecule has 166 valence electrons. The van der Waals surface area contributed by atoms with E-state index in [1.54, 1.807) is 5.32 Å². The van der Waals surface area contributed by atoms with Crippen molar-refractivity contribution in [3.63, 3.8) is 0 Å². The molecule has 11 heteroatoms. The summed E-state index contributed by atoms with van der Waals surface area (Å²) in [6.07, 6.45) is -4.60. The maximum atomic E-state index is 14.1. The van der Waals surface area contributed by atoms with Crippen LogP contribution in [0.1, 0.15) is 26.3 Å². The Bertz CT molecular complexity index is 976. The summed E-state index contributed by atoms with van der Waals surface area (Å²) in [5, 5.41) is 6.86. The first kappa shape index (κ1) is 23.6. The summed E-state index contributed by atoms with van der Waals surface area (Å²) in [4.78, 5) is 35.4. The standard InChI is InChI=1S/C20H19F4N3O4/c1-11-15(21)7-13(18(29)26-10-20(22,23)24)8-16(11)25-9-17(28)27-14-5-3-12(4-6-14)19(30)31-2/h3-8,25H,9-10H2,1-2H3,(H,26,29)(H,27,28). The quantitative estimate of drug-likeness (QED) is 0.453. The number of methoxy groups -OCH3 is 1. The highest BCUT2D eigenvalue weighted by molar-refractivity contribution is 5.97. The van der Waals surface area contributed by atoms with Gasteiger partial charge >= 0.3 is 12.1 Å². The largest absolute Gasteiger partial charge is 0.465 e. The fourth-order valence-corrected chi connectivity index (χ4v) is 2.46. The van der Waals surface area contributed by atoms with E-state index in [1.165, 1.54) is 38.3 Å². The molecule has 0 aliphatic heterocycles. The van der Waals surface area contributed by atoms with Crippen LogP contribution in [0.4, 0.5) is 28.9 Å². The van der Waals surface area contributed by atoms with Crippen LogP contribution >= 0.6 is 0 Å². The number of alkyl halides is 3. The van der Waals surface area contributed by atoms with Crippen LogP contribution in [0.25, 0.3) is 0 Å². The number of carbonyl (C=O) groups is 3. The predicted octanol–water partition coefficient (Wildman–Crippen LogP) is 3.26. The van der Waals surface area contributed by atoms with Gasteiger partial charge in [-0.15, -0.1) is 0 Å². The lowest BCUT2D eigenvalue weighted by atomic mass is 10.1. The molecular formula is C20H19F4N3O4. The van der Waals surface area contributed by atoms with Crippen LogP contribution < -0.4 is 16.0 Å². The SMILES string of the molecule is COC(=O)c1ccc(NC(=O)CNc2cc(C(=O)NCC(F)(F)F)cc(F)c2C)cc1. The summed E-state index contributed by atoms with van der Waals surface area (Å²) >= 11 is 0. The van der Waals surface area contributed by atoms with Gasteiger partial charge in [0.1, 0.15) is 12.4 Å². The maximum Gasteiger partial charge on any atom is 0.405 e. The number of amides is 2. The molecule has 0 aromatic heterocycles. The minimum absolute atomic E-state index is 0.0772. The minimum atomic E-state index is -4.60. The molecule has 2 aromatic rings. The second-order valence-corrected chi connectivity index (χ2v) is 6.40. The Hall–Kier alpha value is -3.63. The summed E-state index contributed by atoms with van der Waals surface area (Å²) in [7, 11) is 1.24. The van der Waals surface area contributed by atoms with Gasteiger partial charge in [0.2, 0.25) is 5.91 Å². The van der Waals surface area contributed by atoms with E-state index in [0.29, 0.717) is 11.3 Å². The molecule has 2 aromatic carbocycles. The van der Waals surface area contributed by atoms with Gasteiger partial charge in [0.15, 0.2) is 0 Å². The predicted molar refractivity (Wildman–Crippen MR) is 104 cm³/mol. The van der Waals surface area contributed by atoms with Crippen LogP contribution in [0.2, 0.25) is 0 Å². The van der Waals surface area contributed by atoms with Crippen molar-refractivity contribution in [1.82, 2.24) is 5.32 Å². The highest BCUT2D eigenvalue weighted by atomic mass is 19.4. The molecule has 3 N–H and O–H groups in total. The molecule has 0 radical (unpaired) electrons. The zero-order valence-electron chi connectivity index (χ0n) is 16.5. The van der Waals surface area contributed by atoms with E-state index in [-0.39, 0.29) is 23.4 Å². The molecule has 2 amide bonds. The average molecular weight is 441 g/mol. The lowest BCUT2D eigenvalue weighted by Gasteiger charge is -2.14. The Kier molecular flexibility index (Phi) is 7.56. The number of anilines is 2. The third kappa shape index (κ3) is 6.98. The summed E-state index contributed by atoms with van der Waals surface area (Å²) in [5.41, 5.74) is 0.526. The van der Waals surface area contributed by atoms with Gasteiger partial charge in [0.05, 0.1) is 19.2 Å². The van der Waals surface area contributed by atoms with Crippen molar-refractivity contribution in [1.29, 1.82) is 0 Å². The molecular weight excluding hydrogens is 422 g/mol. The molecule has 0 unspecified atom stereocenters. The lowest BCUT2D eigenvalue weighted by molar-refractivity contribution is -0.123. The van der Waals surface area contributed by atoms with Gasteiger partial charge in [-0.3, -0.25) is 9.59 Å².